The largest absolute Gasteiger partial charge is 0.345 e. The first-order valence-electron chi connectivity index (χ1n) is 8.71. The van der Waals surface area contributed by atoms with Gasteiger partial charge in [0.25, 0.3) is 5.91 Å². The van der Waals surface area contributed by atoms with Crippen LogP contribution in [0, 0.1) is 5.82 Å². The van der Waals surface area contributed by atoms with Gasteiger partial charge >= 0.3 is 10.2 Å². The van der Waals surface area contributed by atoms with E-state index in [0.29, 0.717) is 12.1 Å². The van der Waals surface area contributed by atoms with E-state index in [2.05, 4.69) is 4.40 Å². The minimum atomic E-state index is -4.01. The minimum Gasteiger partial charge on any atom is -0.334 e. The number of allylic oxidation sites excluding steroid dienone is 1. The maximum Gasteiger partial charge on any atom is 0.345 e. The molecule has 140 valence electrons. The molecular formula is C18H22FN3O3S. The molecule has 0 aliphatic carbocycles. The summed E-state index contributed by atoms with van der Waals surface area (Å²) in [5.41, 5.74) is 0.648. The molecule has 0 spiro atoms. The van der Waals surface area contributed by atoms with Gasteiger partial charge in [0.2, 0.25) is 0 Å². The molecule has 6 nitrogen and oxygen atoms in total. The summed E-state index contributed by atoms with van der Waals surface area (Å²) in [5, 5.41) is 0. The van der Waals surface area contributed by atoms with E-state index in [1.807, 2.05) is 6.92 Å². The van der Waals surface area contributed by atoms with E-state index in [1.165, 1.54) is 37.4 Å². The molecular weight excluding hydrogens is 357 g/mol. The first-order valence-corrected chi connectivity index (χ1v) is 10.1. The fraction of sp³-hybridized carbons (Fsp3) is 0.444. The summed E-state index contributed by atoms with van der Waals surface area (Å²) >= 11 is 0. The number of amides is 1. The predicted octanol–water partition coefficient (Wildman–Crippen LogP) is 2.48. The number of halogens is 1. The highest BCUT2D eigenvalue weighted by atomic mass is 32.2. The summed E-state index contributed by atoms with van der Waals surface area (Å²) in [6.45, 7) is 2.64. The van der Waals surface area contributed by atoms with E-state index in [0.717, 1.165) is 30.0 Å². The van der Waals surface area contributed by atoms with Gasteiger partial charge < -0.3 is 4.90 Å². The van der Waals surface area contributed by atoms with Crippen molar-refractivity contribution in [3.8, 4) is 0 Å². The lowest BCUT2D eigenvalue weighted by molar-refractivity contribution is -0.131. The van der Waals surface area contributed by atoms with Crippen molar-refractivity contribution in [3.05, 3.63) is 47.4 Å². The fourth-order valence-corrected chi connectivity index (χ4v) is 4.26. The Labute approximate surface area is 153 Å². The van der Waals surface area contributed by atoms with Gasteiger partial charge in [-0.3, -0.25) is 4.79 Å². The summed E-state index contributed by atoms with van der Waals surface area (Å²) in [4.78, 5) is 14.8. The van der Waals surface area contributed by atoms with Crippen LogP contribution in [0.5, 0.6) is 0 Å². The highest BCUT2D eigenvalue weighted by Gasteiger charge is 2.35. The third-order valence-corrected chi connectivity index (χ3v) is 6.21. The van der Waals surface area contributed by atoms with Gasteiger partial charge in [-0.15, -0.1) is 4.40 Å². The third kappa shape index (κ3) is 3.51. The SMILES string of the molecule is CC[C@H]1CCCCN1C(=O)C1=CC(c2ccc(F)cc2)=NS(=O)(=O)N1C. The zero-order chi connectivity index (χ0) is 18.9. The maximum atomic E-state index is 13.2. The van der Waals surface area contributed by atoms with Crippen LogP contribution in [0.15, 0.2) is 40.4 Å². The highest BCUT2D eigenvalue weighted by molar-refractivity contribution is 7.88. The lowest BCUT2D eigenvalue weighted by Gasteiger charge is -2.37. The molecule has 1 amide bonds. The van der Waals surface area contributed by atoms with Crippen LogP contribution in [0.25, 0.3) is 0 Å². The van der Waals surface area contributed by atoms with Gasteiger partial charge in [-0.05, 0) is 56.0 Å². The van der Waals surface area contributed by atoms with Crippen LogP contribution in [0.4, 0.5) is 4.39 Å². The van der Waals surface area contributed by atoms with Gasteiger partial charge in [-0.25, -0.2) is 8.70 Å². The summed E-state index contributed by atoms with van der Waals surface area (Å²) in [7, 11) is -2.69. The minimum absolute atomic E-state index is 0.0691. The number of carbonyl (C=O) groups excluding carboxylic acids is 1. The highest BCUT2D eigenvalue weighted by Crippen LogP contribution is 2.26. The summed E-state index contributed by atoms with van der Waals surface area (Å²) < 4.78 is 42.7. The van der Waals surface area contributed by atoms with E-state index in [9.17, 15) is 17.6 Å². The van der Waals surface area contributed by atoms with Gasteiger partial charge in [0.1, 0.15) is 11.5 Å². The second-order valence-electron chi connectivity index (χ2n) is 6.51. The van der Waals surface area contributed by atoms with Crippen molar-refractivity contribution in [2.75, 3.05) is 13.6 Å². The van der Waals surface area contributed by atoms with Gasteiger partial charge in [0.15, 0.2) is 0 Å². The molecule has 1 aromatic rings. The van der Waals surface area contributed by atoms with E-state index in [4.69, 9.17) is 0 Å². The average Bonchev–Trinajstić information content (AvgIpc) is 2.63. The molecule has 2 aliphatic heterocycles. The first kappa shape index (κ1) is 18.6. The zero-order valence-corrected chi connectivity index (χ0v) is 15.7. The number of hydrogen-bond acceptors (Lipinski definition) is 3. The number of rotatable bonds is 3. The molecule has 0 bridgehead atoms. The summed E-state index contributed by atoms with van der Waals surface area (Å²) in [6, 6.07) is 5.47. The van der Waals surface area contributed by atoms with E-state index < -0.39 is 16.0 Å². The number of carbonyl (C=O) groups is 1. The van der Waals surface area contributed by atoms with Crippen LogP contribution in [0.1, 0.15) is 38.2 Å². The third-order valence-electron chi connectivity index (χ3n) is 4.89. The Kier molecular flexibility index (Phi) is 5.13. The smallest absolute Gasteiger partial charge is 0.334 e. The fourth-order valence-electron chi connectivity index (χ4n) is 3.35. The Morgan fingerprint density at radius 3 is 2.62 bits per heavy atom. The first-order chi connectivity index (χ1) is 12.3. The monoisotopic (exact) mass is 379 g/mol. The normalized spacial score (nSPS) is 22.7. The maximum absolute atomic E-state index is 13.2. The van der Waals surface area contributed by atoms with Crippen molar-refractivity contribution < 1.29 is 17.6 Å². The molecule has 8 heteroatoms. The van der Waals surface area contributed by atoms with Crippen LogP contribution < -0.4 is 0 Å². The van der Waals surface area contributed by atoms with Gasteiger partial charge in [0, 0.05) is 25.2 Å². The molecule has 0 saturated carbocycles. The summed E-state index contributed by atoms with van der Waals surface area (Å²) in [5.74, 6) is -0.735. The van der Waals surface area contributed by atoms with Crippen molar-refractivity contribution in [1.82, 2.24) is 9.21 Å². The predicted molar refractivity (Wildman–Crippen MR) is 97.3 cm³/mol. The van der Waals surface area contributed by atoms with Crippen LogP contribution >= 0.6 is 0 Å². The number of nitrogens with zero attached hydrogens (tertiary/aromatic N) is 3. The topological polar surface area (TPSA) is 70.0 Å². The van der Waals surface area contributed by atoms with Crippen molar-refractivity contribution in [1.29, 1.82) is 0 Å². The number of piperidine rings is 1. The standard InChI is InChI=1S/C18H22FN3O3S/c1-3-15-6-4-5-11-22(15)18(23)17-12-16(20-26(24,25)21(17)2)13-7-9-14(19)10-8-13/h7-10,12,15H,3-6,11H2,1-2H3/t15-/m0/s1. The molecule has 2 heterocycles. The number of hydrogen-bond donors (Lipinski definition) is 0. The van der Waals surface area contributed by atoms with Crippen molar-refractivity contribution in [3.63, 3.8) is 0 Å². The van der Waals surface area contributed by atoms with E-state index in [1.54, 1.807) is 4.90 Å². The molecule has 3 rings (SSSR count). The van der Waals surface area contributed by atoms with Crippen molar-refractivity contribution >= 4 is 21.8 Å². The molecule has 0 unspecified atom stereocenters. The van der Waals surface area contributed by atoms with Gasteiger partial charge in [0.05, 0.1) is 5.71 Å². The number of likely N-dealkylation sites (tertiary alicyclic amines) is 1. The van der Waals surface area contributed by atoms with Gasteiger partial charge in [-0.2, -0.15) is 8.42 Å². The lowest BCUT2D eigenvalue weighted by Crippen LogP contribution is -2.47. The second-order valence-corrected chi connectivity index (χ2v) is 8.14. The van der Waals surface area contributed by atoms with E-state index in [-0.39, 0.29) is 23.4 Å². The second kappa shape index (κ2) is 7.19. The Morgan fingerprint density at radius 2 is 1.96 bits per heavy atom. The van der Waals surface area contributed by atoms with Crippen molar-refractivity contribution in [2.45, 2.75) is 38.6 Å². The molecule has 26 heavy (non-hydrogen) atoms. The van der Waals surface area contributed by atoms with Crippen LogP contribution in [-0.4, -0.2) is 48.9 Å². The Morgan fingerprint density at radius 1 is 1.27 bits per heavy atom. The van der Waals surface area contributed by atoms with Gasteiger partial charge in [-0.1, -0.05) is 6.92 Å². The average molecular weight is 379 g/mol. The molecule has 0 aromatic heterocycles. The summed E-state index contributed by atoms with van der Waals surface area (Å²) in [6.07, 6.45) is 5.19. The molecule has 1 fully saturated rings. The Hall–Kier alpha value is -2.22. The molecule has 1 saturated heterocycles. The molecule has 0 radical (unpaired) electrons. The van der Waals surface area contributed by atoms with E-state index >= 15 is 0 Å². The van der Waals surface area contributed by atoms with Crippen LogP contribution in [-0.2, 0) is 15.0 Å². The lowest BCUT2D eigenvalue weighted by atomic mass is 9.99. The zero-order valence-electron chi connectivity index (χ0n) is 14.9. The van der Waals surface area contributed by atoms with Crippen molar-refractivity contribution in [2.24, 2.45) is 4.40 Å². The quantitative estimate of drug-likeness (QED) is 0.810. The Bertz CT molecular complexity index is 862. The molecule has 1 atom stereocenters. The molecule has 1 aromatic carbocycles. The number of benzene rings is 1. The number of likely N-dealkylation sites (N-methyl/N-ethyl adjacent to an activating group) is 1. The van der Waals surface area contributed by atoms with Crippen LogP contribution in [0.3, 0.4) is 0 Å². The molecule has 0 N–H and O–H groups in total. The van der Waals surface area contributed by atoms with Crippen LogP contribution in [0.2, 0.25) is 0 Å². The molecule has 2 aliphatic rings. The Balaban J connectivity index is 2.00.